The van der Waals surface area contributed by atoms with Crippen molar-refractivity contribution in [3.8, 4) is 0 Å². The van der Waals surface area contributed by atoms with E-state index in [1.165, 1.54) is 140 Å². The zero-order valence-corrected chi connectivity index (χ0v) is 30.2. The second-order valence-electron chi connectivity index (χ2n) is 16.2. The summed E-state index contributed by atoms with van der Waals surface area (Å²) in [5.74, 6) is 4.93. The molecule has 2 unspecified atom stereocenters. The van der Waals surface area contributed by atoms with Crippen LogP contribution < -0.4 is 0 Å². The lowest BCUT2D eigenvalue weighted by Crippen LogP contribution is -2.14. The fourth-order valence-electron chi connectivity index (χ4n) is 9.59. The molecule has 1 heteroatoms. The van der Waals surface area contributed by atoms with Crippen molar-refractivity contribution in [3.05, 3.63) is 94.1 Å². The average molecular weight is 635 g/mol. The molecule has 2 aromatic rings. The van der Waals surface area contributed by atoms with E-state index in [0.717, 1.165) is 36.9 Å². The molecule has 0 saturated heterocycles. The topological polar surface area (TPSA) is 9.23 Å². The van der Waals surface area contributed by atoms with Crippen LogP contribution in [0.15, 0.2) is 71.8 Å². The Morgan fingerprint density at radius 3 is 1.15 bits per heavy atom. The van der Waals surface area contributed by atoms with E-state index in [1.807, 2.05) is 0 Å². The molecule has 0 bridgehead atoms. The van der Waals surface area contributed by atoms with Crippen molar-refractivity contribution < 1.29 is 4.74 Å². The van der Waals surface area contributed by atoms with E-state index in [-0.39, 0.29) is 0 Å². The van der Waals surface area contributed by atoms with Crippen LogP contribution in [0.2, 0.25) is 0 Å². The summed E-state index contributed by atoms with van der Waals surface area (Å²) in [4.78, 5) is 0. The number of benzene rings is 2. The molecule has 0 amide bonds. The van der Waals surface area contributed by atoms with Gasteiger partial charge in [-0.05, 0) is 159 Å². The first-order valence-electron chi connectivity index (χ1n) is 20.3. The fraction of sp³-hybridized carbons (Fsp3) is 0.652. The summed E-state index contributed by atoms with van der Waals surface area (Å²) in [5, 5.41) is 0. The Labute approximate surface area is 289 Å². The number of rotatable bonds is 14. The lowest BCUT2D eigenvalue weighted by molar-refractivity contribution is 0.172. The first-order valence-corrected chi connectivity index (χ1v) is 20.3. The summed E-state index contributed by atoms with van der Waals surface area (Å²) in [5.41, 5.74) is 9.30. The summed E-state index contributed by atoms with van der Waals surface area (Å²) in [6.45, 7) is 6.28. The van der Waals surface area contributed by atoms with Gasteiger partial charge in [-0.3, -0.25) is 0 Å². The van der Waals surface area contributed by atoms with Gasteiger partial charge in [0.1, 0.15) is 0 Å². The number of ether oxygens (including phenoxy) is 1. The monoisotopic (exact) mass is 635 g/mol. The smallest absolute Gasteiger partial charge is 0.0681 e. The average Bonchev–Trinajstić information content (AvgIpc) is 3.14. The molecule has 2 aromatic carbocycles. The van der Waals surface area contributed by atoms with Gasteiger partial charge in [0.05, 0.1) is 13.2 Å². The maximum atomic E-state index is 6.28. The van der Waals surface area contributed by atoms with E-state index in [4.69, 9.17) is 4.74 Å². The van der Waals surface area contributed by atoms with Gasteiger partial charge >= 0.3 is 0 Å². The first kappa shape index (κ1) is 34.7. The Bertz CT molecular complexity index is 1150. The van der Waals surface area contributed by atoms with Gasteiger partial charge in [-0.25, -0.2) is 0 Å². The largest absolute Gasteiger partial charge is 0.373 e. The zero-order chi connectivity index (χ0) is 32.3. The van der Waals surface area contributed by atoms with Crippen LogP contribution in [0, 0.1) is 11.8 Å². The molecule has 6 rings (SSSR count). The van der Waals surface area contributed by atoms with Crippen molar-refractivity contribution in [2.24, 2.45) is 11.8 Å². The highest BCUT2D eigenvalue weighted by Gasteiger charge is 2.24. The summed E-state index contributed by atoms with van der Waals surface area (Å²) < 4.78 is 6.28. The molecule has 256 valence electrons. The minimum Gasteiger partial charge on any atom is -0.373 e. The molecule has 0 aliphatic heterocycles. The van der Waals surface area contributed by atoms with Crippen molar-refractivity contribution in [1.29, 1.82) is 0 Å². The molecule has 0 heterocycles. The third-order valence-corrected chi connectivity index (χ3v) is 13.0. The Balaban J connectivity index is 0.880. The quantitative estimate of drug-likeness (QED) is 0.188. The van der Waals surface area contributed by atoms with E-state index >= 15 is 0 Å². The van der Waals surface area contributed by atoms with Crippen LogP contribution in [0.4, 0.5) is 0 Å². The van der Waals surface area contributed by atoms with E-state index in [9.17, 15) is 0 Å². The Morgan fingerprint density at radius 1 is 0.468 bits per heavy atom. The molecule has 2 saturated carbocycles. The predicted octanol–water partition coefficient (Wildman–Crippen LogP) is 13.7. The second kappa shape index (κ2) is 18.0. The molecule has 2 atom stereocenters. The Hall–Kier alpha value is -2.12. The predicted molar refractivity (Wildman–Crippen MR) is 202 cm³/mol. The van der Waals surface area contributed by atoms with Gasteiger partial charge in [-0.15, -0.1) is 0 Å². The summed E-state index contributed by atoms with van der Waals surface area (Å²) in [7, 11) is 0. The zero-order valence-electron chi connectivity index (χ0n) is 30.2. The van der Waals surface area contributed by atoms with Gasteiger partial charge in [-0.1, -0.05) is 113 Å². The standard InChI is InChI=1S/C46H66O/c1-3-5-7-35-9-17-39(18-10-35)43-25-29-45(30-26-43)41-21-13-37(14-22-41)33-47-34-38-15-23-42(24-16-38)46-31-27-44(28-32-46)40-19-11-36(12-20-40)8-6-4-2/h13,15,25-32,35-36,39-42H,3-12,14,16-24,33-34H2,1-2H3. The van der Waals surface area contributed by atoms with E-state index in [0.29, 0.717) is 11.8 Å². The molecule has 4 aliphatic rings. The van der Waals surface area contributed by atoms with E-state index in [1.54, 1.807) is 22.3 Å². The lowest BCUT2D eigenvalue weighted by atomic mass is 9.76. The third-order valence-electron chi connectivity index (χ3n) is 13.0. The molecular weight excluding hydrogens is 569 g/mol. The molecular formula is C46H66O. The van der Waals surface area contributed by atoms with Gasteiger partial charge in [0.2, 0.25) is 0 Å². The van der Waals surface area contributed by atoms with Crippen molar-refractivity contribution in [2.75, 3.05) is 13.2 Å². The van der Waals surface area contributed by atoms with Crippen LogP contribution in [-0.2, 0) is 4.74 Å². The molecule has 0 radical (unpaired) electrons. The molecule has 2 fully saturated rings. The second-order valence-corrected chi connectivity index (χ2v) is 16.2. The van der Waals surface area contributed by atoms with Gasteiger partial charge < -0.3 is 4.74 Å². The van der Waals surface area contributed by atoms with Crippen LogP contribution >= 0.6 is 0 Å². The van der Waals surface area contributed by atoms with Crippen LogP contribution in [0.1, 0.15) is 188 Å². The van der Waals surface area contributed by atoms with Crippen LogP contribution in [0.5, 0.6) is 0 Å². The van der Waals surface area contributed by atoms with Crippen molar-refractivity contribution >= 4 is 0 Å². The molecule has 4 aliphatic carbocycles. The summed E-state index contributed by atoms with van der Waals surface area (Å²) in [6, 6.07) is 19.7. The minimum atomic E-state index is 0.676. The van der Waals surface area contributed by atoms with Crippen LogP contribution in [-0.4, -0.2) is 13.2 Å². The maximum absolute atomic E-state index is 6.28. The number of hydrogen-bond donors (Lipinski definition) is 0. The van der Waals surface area contributed by atoms with Crippen LogP contribution in [0.25, 0.3) is 0 Å². The van der Waals surface area contributed by atoms with E-state index < -0.39 is 0 Å². The summed E-state index contributed by atoms with van der Waals surface area (Å²) >= 11 is 0. The van der Waals surface area contributed by atoms with Crippen molar-refractivity contribution in [3.63, 3.8) is 0 Å². The van der Waals surface area contributed by atoms with Gasteiger partial charge in [-0.2, -0.15) is 0 Å². The maximum Gasteiger partial charge on any atom is 0.0681 e. The number of unbranched alkanes of at least 4 members (excludes halogenated alkanes) is 2. The highest BCUT2D eigenvalue weighted by molar-refractivity contribution is 5.31. The first-order chi connectivity index (χ1) is 23.2. The lowest BCUT2D eigenvalue weighted by Gasteiger charge is -2.29. The number of allylic oxidation sites excluding steroid dienone is 2. The minimum absolute atomic E-state index is 0.676. The highest BCUT2D eigenvalue weighted by Crippen LogP contribution is 2.41. The normalized spacial score (nSPS) is 28.5. The summed E-state index contributed by atoms with van der Waals surface area (Å²) in [6.07, 6.45) is 32.0. The highest BCUT2D eigenvalue weighted by atomic mass is 16.5. The van der Waals surface area contributed by atoms with Gasteiger partial charge in [0.25, 0.3) is 0 Å². The van der Waals surface area contributed by atoms with Crippen molar-refractivity contribution in [2.45, 2.75) is 166 Å². The Morgan fingerprint density at radius 2 is 0.830 bits per heavy atom. The van der Waals surface area contributed by atoms with E-state index in [2.05, 4.69) is 74.5 Å². The SMILES string of the molecule is CCCCC1CCC(c2ccc(C3CC=C(COCC4=CCC(c5ccc(C6CCC(CCCC)CC6)cc5)CC4)CC3)cc2)CC1. The molecule has 47 heavy (non-hydrogen) atoms. The molecule has 0 N–H and O–H groups in total. The van der Waals surface area contributed by atoms with Crippen molar-refractivity contribution in [1.82, 2.24) is 0 Å². The van der Waals surface area contributed by atoms with Gasteiger partial charge in [0, 0.05) is 0 Å². The molecule has 1 nitrogen and oxygen atoms in total. The number of hydrogen-bond acceptors (Lipinski definition) is 1. The third kappa shape index (κ3) is 9.97. The van der Waals surface area contributed by atoms with Crippen LogP contribution in [0.3, 0.4) is 0 Å². The fourth-order valence-corrected chi connectivity index (χ4v) is 9.59. The van der Waals surface area contributed by atoms with Gasteiger partial charge in [0.15, 0.2) is 0 Å². The molecule has 0 spiro atoms. The molecule has 0 aromatic heterocycles. The Kier molecular flexibility index (Phi) is 13.3.